The van der Waals surface area contributed by atoms with Crippen molar-refractivity contribution >= 4 is 45.8 Å². The predicted molar refractivity (Wildman–Crippen MR) is 112 cm³/mol. The minimum absolute atomic E-state index is 0.294. The molecule has 1 aliphatic rings. The van der Waals surface area contributed by atoms with Crippen molar-refractivity contribution in [1.82, 2.24) is 9.88 Å². The predicted octanol–water partition coefficient (Wildman–Crippen LogP) is 1.98. The van der Waals surface area contributed by atoms with Gasteiger partial charge in [0.1, 0.15) is 0 Å². The van der Waals surface area contributed by atoms with Gasteiger partial charge in [0.15, 0.2) is 11.0 Å². The molecule has 0 bridgehead atoms. The number of rotatable bonds is 4. The van der Waals surface area contributed by atoms with E-state index in [9.17, 15) is 0 Å². The number of nitrogens with zero attached hydrogens (tertiary/aromatic N) is 5. The number of nitrogens with one attached hydrogen (secondary N) is 1. The van der Waals surface area contributed by atoms with Gasteiger partial charge in [0, 0.05) is 39.3 Å². The molecule has 0 aliphatic carbocycles. The zero-order valence-electron chi connectivity index (χ0n) is 15.4. The zero-order valence-corrected chi connectivity index (χ0v) is 16.2. The van der Waals surface area contributed by atoms with Gasteiger partial charge in [0.25, 0.3) is 0 Å². The highest BCUT2D eigenvalue weighted by molar-refractivity contribution is 8.26. The van der Waals surface area contributed by atoms with Gasteiger partial charge in [-0.1, -0.05) is 0 Å². The summed E-state index contributed by atoms with van der Waals surface area (Å²) in [5.41, 5.74) is 15.2. The van der Waals surface area contributed by atoms with Crippen molar-refractivity contribution in [3.05, 3.63) is 35.4 Å². The first-order chi connectivity index (χ1) is 12.3. The lowest BCUT2D eigenvalue weighted by atomic mass is 10.1. The van der Waals surface area contributed by atoms with Gasteiger partial charge in [-0.3, -0.25) is 10.4 Å². The Labute approximate surface area is 157 Å². The summed E-state index contributed by atoms with van der Waals surface area (Å²) in [5, 5.41) is 8.14. The van der Waals surface area contributed by atoms with Crippen LogP contribution >= 0.6 is 11.8 Å². The van der Waals surface area contributed by atoms with Crippen LogP contribution in [0.3, 0.4) is 0 Å². The Kier molecular flexibility index (Phi) is 6.40. The third kappa shape index (κ3) is 4.63. The van der Waals surface area contributed by atoms with Gasteiger partial charge in [-0.2, -0.15) is 0 Å². The van der Waals surface area contributed by atoms with Gasteiger partial charge < -0.3 is 21.3 Å². The van der Waals surface area contributed by atoms with E-state index in [2.05, 4.69) is 19.9 Å². The number of pyridine rings is 1. The second kappa shape index (κ2) is 8.52. The highest BCUT2D eigenvalue weighted by Gasteiger charge is 2.20. The van der Waals surface area contributed by atoms with Crippen LogP contribution in [-0.4, -0.2) is 54.0 Å². The van der Waals surface area contributed by atoms with Crippen LogP contribution in [-0.2, 0) is 0 Å². The first-order valence-electron chi connectivity index (χ1n) is 7.93. The molecule has 2 rings (SSSR count). The van der Waals surface area contributed by atoms with E-state index in [1.165, 1.54) is 6.20 Å². The molecule has 0 aromatic carbocycles. The van der Waals surface area contributed by atoms with Crippen LogP contribution in [0.4, 0.5) is 11.5 Å². The number of aromatic nitrogens is 1. The van der Waals surface area contributed by atoms with Crippen LogP contribution in [0.5, 0.6) is 0 Å². The van der Waals surface area contributed by atoms with Crippen molar-refractivity contribution in [2.45, 2.75) is 6.92 Å². The van der Waals surface area contributed by atoms with Gasteiger partial charge in [-0.25, -0.2) is 9.98 Å². The van der Waals surface area contributed by atoms with Gasteiger partial charge >= 0.3 is 0 Å². The molecule has 1 aromatic heterocycles. The van der Waals surface area contributed by atoms with Gasteiger partial charge in [-0.15, -0.1) is 0 Å². The third-order valence-corrected chi connectivity index (χ3v) is 4.34. The van der Waals surface area contributed by atoms with Crippen LogP contribution in [0.1, 0.15) is 12.6 Å². The van der Waals surface area contributed by atoms with Crippen molar-refractivity contribution in [1.29, 1.82) is 5.41 Å². The molecule has 9 heteroatoms. The number of fused-ring (bicyclic) bond motifs is 1. The van der Waals surface area contributed by atoms with E-state index >= 15 is 0 Å². The molecule has 0 radical (unpaired) electrons. The molecule has 0 fully saturated rings. The zero-order chi connectivity index (χ0) is 19.3. The SMILES string of the molecule is CN=CC(=CN)N(C)C1=Cc2nc(N=C(N)SC(C)=N)ccc2N(C)C1. The number of aliphatic imine (C=N–C) groups is 2. The second-order valence-corrected chi connectivity index (χ2v) is 6.95. The summed E-state index contributed by atoms with van der Waals surface area (Å²) in [6, 6.07) is 3.79. The Morgan fingerprint density at radius 1 is 1.46 bits per heavy atom. The maximum absolute atomic E-state index is 7.47. The molecular formula is C17H24N8S. The number of amidine groups is 1. The minimum atomic E-state index is 0.294. The lowest BCUT2D eigenvalue weighted by Crippen LogP contribution is -2.32. The minimum Gasteiger partial charge on any atom is -0.403 e. The summed E-state index contributed by atoms with van der Waals surface area (Å²) < 4.78 is 0. The summed E-state index contributed by atoms with van der Waals surface area (Å²) >= 11 is 1.11. The molecule has 0 saturated carbocycles. The standard InChI is InChI=1S/C17H24N8S/c1-11(19)26-17(20)23-16-6-5-15-14(22-16)7-12(10-24(15)3)25(4)13(8-18)9-21-2/h5-9,19H,10,18H2,1-4H3,(H2,20,22,23). The normalized spacial score (nSPS) is 15.1. The Balaban J connectivity index is 2.38. The van der Waals surface area contributed by atoms with E-state index in [0.717, 1.165) is 34.5 Å². The van der Waals surface area contributed by atoms with Gasteiger partial charge in [0.05, 0.1) is 28.7 Å². The molecule has 26 heavy (non-hydrogen) atoms. The quantitative estimate of drug-likeness (QED) is 0.549. The van der Waals surface area contributed by atoms with Gasteiger partial charge in [-0.05, 0) is 36.9 Å². The van der Waals surface area contributed by atoms with E-state index < -0.39 is 0 Å². The number of nitrogens with two attached hydrogens (primary N) is 2. The Morgan fingerprint density at radius 3 is 2.81 bits per heavy atom. The number of hydrogen-bond acceptors (Lipinski definition) is 8. The third-order valence-electron chi connectivity index (χ3n) is 3.73. The fourth-order valence-corrected chi connectivity index (χ4v) is 2.97. The van der Waals surface area contributed by atoms with Crippen molar-refractivity contribution in [2.75, 3.05) is 32.6 Å². The van der Waals surface area contributed by atoms with E-state index in [-0.39, 0.29) is 0 Å². The number of allylic oxidation sites excluding steroid dienone is 1. The molecule has 0 amide bonds. The van der Waals surface area contributed by atoms with Crippen molar-refractivity contribution < 1.29 is 0 Å². The monoisotopic (exact) mass is 372 g/mol. The molecule has 0 unspecified atom stereocenters. The summed E-state index contributed by atoms with van der Waals surface area (Å²) in [7, 11) is 5.65. The molecule has 0 saturated heterocycles. The largest absolute Gasteiger partial charge is 0.403 e. The fraction of sp³-hybridized carbons (Fsp3) is 0.294. The van der Waals surface area contributed by atoms with Crippen molar-refractivity contribution in [2.24, 2.45) is 21.5 Å². The molecule has 1 aliphatic heterocycles. The van der Waals surface area contributed by atoms with E-state index in [1.807, 2.05) is 37.2 Å². The second-order valence-electron chi connectivity index (χ2n) is 5.71. The maximum atomic E-state index is 7.47. The molecule has 2 heterocycles. The summed E-state index contributed by atoms with van der Waals surface area (Å²) in [6.07, 6.45) is 5.24. The molecule has 8 nitrogen and oxygen atoms in total. The van der Waals surface area contributed by atoms with Crippen LogP contribution in [0, 0.1) is 5.41 Å². The molecular weight excluding hydrogens is 348 g/mol. The van der Waals surface area contributed by atoms with Crippen LogP contribution in [0.15, 0.2) is 39.7 Å². The van der Waals surface area contributed by atoms with Crippen LogP contribution < -0.4 is 16.4 Å². The Morgan fingerprint density at radius 2 is 2.19 bits per heavy atom. The molecule has 0 spiro atoms. The van der Waals surface area contributed by atoms with E-state index in [1.54, 1.807) is 20.2 Å². The summed E-state index contributed by atoms with van der Waals surface area (Å²) in [4.78, 5) is 17.0. The number of likely N-dealkylation sites (N-methyl/N-ethyl adjacent to an activating group) is 2. The summed E-state index contributed by atoms with van der Waals surface area (Å²) in [6.45, 7) is 2.38. The maximum Gasteiger partial charge on any atom is 0.166 e. The number of anilines is 1. The van der Waals surface area contributed by atoms with Gasteiger partial charge in [0.2, 0.25) is 0 Å². The Hall–Kier alpha value is -2.81. The lowest BCUT2D eigenvalue weighted by Gasteiger charge is -2.32. The first-order valence-corrected chi connectivity index (χ1v) is 8.75. The molecule has 5 N–H and O–H groups in total. The molecule has 1 aromatic rings. The van der Waals surface area contributed by atoms with Crippen molar-refractivity contribution in [3.8, 4) is 0 Å². The highest BCUT2D eigenvalue weighted by Crippen LogP contribution is 2.30. The topological polar surface area (TPSA) is 120 Å². The number of thioether (sulfide) groups is 1. The highest BCUT2D eigenvalue weighted by atomic mass is 32.2. The first kappa shape index (κ1) is 19.5. The fourth-order valence-electron chi connectivity index (χ4n) is 2.51. The van der Waals surface area contributed by atoms with Crippen LogP contribution in [0.2, 0.25) is 0 Å². The Bertz CT molecular complexity index is 809. The summed E-state index contributed by atoms with van der Waals surface area (Å²) in [5.74, 6) is 0.508. The smallest absolute Gasteiger partial charge is 0.166 e. The van der Waals surface area contributed by atoms with Crippen molar-refractivity contribution in [3.63, 3.8) is 0 Å². The average Bonchev–Trinajstić information content (AvgIpc) is 2.57. The van der Waals surface area contributed by atoms with E-state index in [4.69, 9.17) is 16.9 Å². The van der Waals surface area contributed by atoms with Crippen LogP contribution in [0.25, 0.3) is 6.08 Å². The molecule has 0 atom stereocenters. The average molecular weight is 373 g/mol. The lowest BCUT2D eigenvalue weighted by molar-refractivity contribution is 0.533. The number of hydrogen-bond donors (Lipinski definition) is 3. The molecule has 138 valence electrons. The van der Waals surface area contributed by atoms with E-state index in [0.29, 0.717) is 22.6 Å².